The normalized spacial score (nSPS) is 16.5. The quantitative estimate of drug-likeness (QED) is 0.947. The molecule has 1 N–H and O–H groups in total. The average Bonchev–Trinajstić information content (AvgIpc) is 2.54. The molecule has 1 aliphatic rings. The van der Waals surface area contributed by atoms with E-state index in [-0.39, 0.29) is 11.5 Å². The molecule has 22 heavy (non-hydrogen) atoms. The van der Waals surface area contributed by atoms with Crippen molar-refractivity contribution < 1.29 is 18.3 Å². The topological polar surface area (TPSA) is 38.3 Å². The summed E-state index contributed by atoms with van der Waals surface area (Å²) < 4.78 is 32.3. The van der Waals surface area contributed by atoms with Gasteiger partial charge in [-0.2, -0.15) is 0 Å². The summed E-state index contributed by atoms with van der Waals surface area (Å²) in [5, 5.41) is 2.64. The molecule has 0 fully saturated rings. The molecule has 1 atom stereocenters. The molecular weight excluding hydrogens is 288 g/mol. The number of hydrogen-bond acceptors (Lipinski definition) is 2. The van der Waals surface area contributed by atoms with Gasteiger partial charge in [0.25, 0.3) is 5.91 Å². The van der Waals surface area contributed by atoms with Gasteiger partial charge in [0.1, 0.15) is 17.4 Å². The van der Waals surface area contributed by atoms with Gasteiger partial charge in [0.05, 0.1) is 12.2 Å². The molecule has 0 spiro atoms. The van der Waals surface area contributed by atoms with Crippen molar-refractivity contribution in [3.8, 4) is 5.75 Å². The van der Waals surface area contributed by atoms with Gasteiger partial charge in [0.2, 0.25) is 0 Å². The van der Waals surface area contributed by atoms with E-state index in [9.17, 15) is 13.6 Å². The van der Waals surface area contributed by atoms with Gasteiger partial charge in [-0.15, -0.1) is 0 Å². The zero-order chi connectivity index (χ0) is 15.5. The van der Waals surface area contributed by atoms with Crippen molar-refractivity contribution in [2.75, 3.05) is 13.2 Å². The standard InChI is InChI=1S/C17H15F2NO2/c18-13-5-6-15(19)14(8-13)17(21)20-9-11-7-12-3-1-2-4-16(12)22-10-11/h1-6,8,11H,7,9-10H2,(H,20,21). The maximum absolute atomic E-state index is 13.5. The fourth-order valence-corrected chi connectivity index (χ4v) is 2.53. The molecule has 2 aromatic carbocycles. The maximum Gasteiger partial charge on any atom is 0.254 e. The first-order valence-electron chi connectivity index (χ1n) is 7.07. The lowest BCUT2D eigenvalue weighted by Gasteiger charge is -2.25. The van der Waals surface area contributed by atoms with Crippen molar-refractivity contribution in [3.05, 3.63) is 65.2 Å². The number of para-hydroxylation sites is 1. The summed E-state index contributed by atoms with van der Waals surface area (Å²) in [4.78, 5) is 11.9. The van der Waals surface area contributed by atoms with Crippen LogP contribution >= 0.6 is 0 Å². The number of amides is 1. The Morgan fingerprint density at radius 1 is 1.23 bits per heavy atom. The molecule has 0 radical (unpaired) electrons. The van der Waals surface area contributed by atoms with Crippen LogP contribution in [0.25, 0.3) is 0 Å². The highest BCUT2D eigenvalue weighted by Gasteiger charge is 2.21. The Labute approximate surface area is 126 Å². The fraction of sp³-hybridized carbons (Fsp3) is 0.235. The number of ether oxygens (including phenoxy) is 1. The highest BCUT2D eigenvalue weighted by atomic mass is 19.1. The number of benzene rings is 2. The van der Waals surface area contributed by atoms with E-state index < -0.39 is 17.5 Å². The van der Waals surface area contributed by atoms with Gasteiger partial charge in [0.15, 0.2) is 0 Å². The Morgan fingerprint density at radius 3 is 2.91 bits per heavy atom. The Kier molecular flexibility index (Phi) is 4.04. The van der Waals surface area contributed by atoms with E-state index in [2.05, 4.69) is 5.32 Å². The smallest absolute Gasteiger partial charge is 0.254 e. The van der Waals surface area contributed by atoms with Crippen LogP contribution in [0, 0.1) is 17.6 Å². The van der Waals surface area contributed by atoms with Crippen LogP contribution in [-0.4, -0.2) is 19.1 Å². The van der Waals surface area contributed by atoms with Gasteiger partial charge in [-0.05, 0) is 36.2 Å². The lowest BCUT2D eigenvalue weighted by atomic mass is 9.96. The Bertz CT molecular complexity index is 703. The van der Waals surface area contributed by atoms with Crippen molar-refractivity contribution >= 4 is 5.91 Å². The van der Waals surface area contributed by atoms with Crippen molar-refractivity contribution in [1.29, 1.82) is 0 Å². The van der Waals surface area contributed by atoms with Crippen molar-refractivity contribution in [2.24, 2.45) is 5.92 Å². The van der Waals surface area contributed by atoms with E-state index in [1.165, 1.54) is 0 Å². The third-order valence-corrected chi connectivity index (χ3v) is 3.68. The third kappa shape index (κ3) is 3.08. The molecule has 1 unspecified atom stereocenters. The SMILES string of the molecule is O=C(NCC1COc2ccccc2C1)c1cc(F)ccc1F. The minimum atomic E-state index is -0.732. The summed E-state index contributed by atoms with van der Waals surface area (Å²) in [5.74, 6) is -1.02. The van der Waals surface area contributed by atoms with E-state index in [0.717, 1.165) is 35.9 Å². The first-order valence-corrected chi connectivity index (χ1v) is 7.07. The van der Waals surface area contributed by atoms with Crippen molar-refractivity contribution in [3.63, 3.8) is 0 Å². The zero-order valence-corrected chi connectivity index (χ0v) is 11.8. The van der Waals surface area contributed by atoms with Crippen LogP contribution in [0.15, 0.2) is 42.5 Å². The number of rotatable bonds is 3. The zero-order valence-electron chi connectivity index (χ0n) is 11.8. The molecule has 0 aromatic heterocycles. The number of carbonyl (C=O) groups excluding carboxylic acids is 1. The summed E-state index contributed by atoms with van der Waals surface area (Å²) in [5.41, 5.74) is 0.807. The van der Waals surface area contributed by atoms with E-state index in [1.807, 2.05) is 24.3 Å². The van der Waals surface area contributed by atoms with Gasteiger partial charge < -0.3 is 10.1 Å². The summed E-state index contributed by atoms with van der Waals surface area (Å²) in [6, 6.07) is 10.6. The number of halogens is 2. The number of hydrogen-bond donors (Lipinski definition) is 1. The van der Waals surface area contributed by atoms with Gasteiger partial charge in [-0.1, -0.05) is 18.2 Å². The van der Waals surface area contributed by atoms with Crippen LogP contribution in [0.5, 0.6) is 5.75 Å². The fourth-order valence-electron chi connectivity index (χ4n) is 2.53. The molecule has 3 rings (SSSR count). The maximum atomic E-state index is 13.5. The summed E-state index contributed by atoms with van der Waals surface area (Å²) in [6.07, 6.45) is 0.780. The predicted molar refractivity (Wildman–Crippen MR) is 77.8 cm³/mol. The Hall–Kier alpha value is -2.43. The van der Waals surface area contributed by atoms with E-state index >= 15 is 0 Å². The van der Waals surface area contributed by atoms with Gasteiger partial charge >= 0.3 is 0 Å². The predicted octanol–water partition coefficient (Wildman–Crippen LogP) is 2.95. The second-order valence-electron chi connectivity index (χ2n) is 5.32. The second kappa shape index (κ2) is 6.13. The molecule has 1 aliphatic heterocycles. The van der Waals surface area contributed by atoms with Crippen molar-refractivity contribution in [2.45, 2.75) is 6.42 Å². The highest BCUT2D eigenvalue weighted by Crippen LogP contribution is 2.26. The van der Waals surface area contributed by atoms with Gasteiger partial charge in [0, 0.05) is 12.5 Å². The first-order chi connectivity index (χ1) is 10.6. The number of carbonyl (C=O) groups is 1. The summed E-state index contributed by atoms with van der Waals surface area (Å²) in [7, 11) is 0. The van der Waals surface area contributed by atoms with Crippen LogP contribution in [0.4, 0.5) is 8.78 Å². The van der Waals surface area contributed by atoms with Crippen molar-refractivity contribution in [1.82, 2.24) is 5.32 Å². The molecule has 0 saturated heterocycles. The van der Waals surface area contributed by atoms with Crippen LogP contribution in [0.2, 0.25) is 0 Å². The minimum Gasteiger partial charge on any atom is -0.493 e. The third-order valence-electron chi connectivity index (χ3n) is 3.68. The lowest BCUT2D eigenvalue weighted by Crippen LogP contribution is -2.35. The largest absolute Gasteiger partial charge is 0.493 e. The number of nitrogens with one attached hydrogen (secondary N) is 1. The van der Waals surface area contributed by atoms with E-state index in [1.54, 1.807) is 0 Å². The highest BCUT2D eigenvalue weighted by molar-refractivity contribution is 5.94. The molecule has 5 heteroatoms. The summed E-state index contributed by atoms with van der Waals surface area (Å²) >= 11 is 0. The van der Waals surface area contributed by atoms with Crippen LogP contribution in [0.1, 0.15) is 15.9 Å². The van der Waals surface area contributed by atoms with Gasteiger partial charge in [-0.25, -0.2) is 8.78 Å². The van der Waals surface area contributed by atoms with E-state index in [0.29, 0.717) is 13.2 Å². The molecule has 0 saturated carbocycles. The Balaban J connectivity index is 1.61. The lowest BCUT2D eigenvalue weighted by molar-refractivity contribution is 0.0934. The number of fused-ring (bicyclic) bond motifs is 1. The average molecular weight is 303 g/mol. The molecule has 114 valence electrons. The first kappa shape index (κ1) is 14.5. The minimum absolute atomic E-state index is 0.107. The molecular formula is C17H15F2NO2. The molecule has 0 aliphatic carbocycles. The van der Waals surface area contributed by atoms with Crippen LogP contribution in [0.3, 0.4) is 0 Å². The molecule has 2 aromatic rings. The van der Waals surface area contributed by atoms with E-state index in [4.69, 9.17) is 4.74 Å². The van der Waals surface area contributed by atoms with Gasteiger partial charge in [-0.3, -0.25) is 4.79 Å². The van der Waals surface area contributed by atoms with Crippen LogP contribution in [-0.2, 0) is 6.42 Å². The molecule has 1 amide bonds. The molecule has 0 bridgehead atoms. The second-order valence-corrected chi connectivity index (χ2v) is 5.32. The Morgan fingerprint density at radius 2 is 2.05 bits per heavy atom. The monoisotopic (exact) mass is 303 g/mol. The summed E-state index contributed by atoms with van der Waals surface area (Å²) in [6.45, 7) is 0.839. The van der Waals surface area contributed by atoms with Crippen LogP contribution < -0.4 is 10.1 Å². The molecule has 3 nitrogen and oxygen atoms in total. The molecule has 1 heterocycles.